The van der Waals surface area contributed by atoms with Crippen LogP contribution in [0.25, 0.3) is 0 Å². The van der Waals surface area contributed by atoms with Crippen molar-refractivity contribution in [3.8, 4) is 0 Å². The standard InChI is InChI=1S/C17H32N2O2/c1-4-5-6-7-8-9-10-11-12-19-13-15(20)18-16(14(2)3)17(19)21/h14,16H,4-13H2,1-3H3,(H,18,20). The zero-order chi connectivity index (χ0) is 15.7. The van der Waals surface area contributed by atoms with Crippen molar-refractivity contribution in [2.75, 3.05) is 13.1 Å². The minimum atomic E-state index is -0.333. The van der Waals surface area contributed by atoms with Gasteiger partial charge in [0.05, 0.1) is 6.54 Å². The third-order valence-corrected chi connectivity index (χ3v) is 4.18. The molecule has 1 atom stereocenters. The maximum absolute atomic E-state index is 12.3. The monoisotopic (exact) mass is 296 g/mol. The van der Waals surface area contributed by atoms with Crippen LogP contribution in [0.3, 0.4) is 0 Å². The summed E-state index contributed by atoms with van der Waals surface area (Å²) >= 11 is 0. The minimum absolute atomic E-state index is 0.0205. The van der Waals surface area contributed by atoms with Crippen molar-refractivity contribution in [1.82, 2.24) is 10.2 Å². The van der Waals surface area contributed by atoms with Crippen LogP contribution in [0.1, 0.15) is 72.1 Å². The second kappa shape index (κ2) is 9.80. The third kappa shape index (κ3) is 6.49. The molecular formula is C17H32N2O2. The number of carbonyl (C=O) groups is 2. The van der Waals surface area contributed by atoms with Gasteiger partial charge in [0.25, 0.3) is 0 Å². The van der Waals surface area contributed by atoms with Crippen LogP contribution in [0.4, 0.5) is 0 Å². The lowest BCUT2D eigenvalue weighted by atomic mass is 10.0. The van der Waals surface area contributed by atoms with E-state index in [1.165, 1.54) is 38.5 Å². The van der Waals surface area contributed by atoms with E-state index in [-0.39, 0.29) is 30.3 Å². The summed E-state index contributed by atoms with van der Waals surface area (Å²) in [5.74, 6) is 0.225. The van der Waals surface area contributed by atoms with Crippen molar-refractivity contribution >= 4 is 11.8 Å². The molecule has 1 N–H and O–H groups in total. The van der Waals surface area contributed by atoms with Crippen LogP contribution in [-0.4, -0.2) is 35.8 Å². The van der Waals surface area contributed by atoms with E-state index >= 15 is 0 Å². The average Bonchev–Trinajstić information content (AvgIpc) is 2.44. The van der Waals surface area contributed by atoms with Gasteiger partial charge in [0.1, 0.15) is 6.04 Å². The molecule has 1 heterocycles. The average molecular weight is 296 g/mol. The highest BCUT2D eigenvalue weighted by Crippen LogP contribution is 2.13. The van der Waals surface area contributed by atoms with Gasteiger partial charge < -0.3 is 10.2 Å². The van der Waals surface area contributed by atoms with Gasteiger partial charge in [-0.1, -0.05) is 65.7 Å². The number of nitrogens with one attached hydrogen (secondary N) is 1. The number of amides is 2. The number of unbranched alkanes of at least 4 members (excludes halogenated alkanes) is 7. The van der Waals surface area contributed by atoms with E-state index < -0.39 is 0 Å². The Morgan fingerprint density at radius 2 is 1.62 bits per heavy atom. The number of hydrogen-bond acceptors (Lipinski definition) is 2. The van der Waals surface area contributed by atoms with E-state index in [1.54, 1.807) is 4.90 Å². The first kappa shape index (κ1) is 18.0. The molecule has 0 aromatic rings. The smallest absolute Gasteiger partial charge is 0.245 e. The van der Waals surface area contributed by atoms with E-state index in [4.69, 9.17) is 0 Å². The largest absolute Gasteiger partial charge is 0.343 e. The molecule has 2 amide bonds. The van der Waals surface area contributed by atoms with Gasteiger partial charge in [0.15, 0.2) is 0 Å². The van der Waals surface area contributed by atoms with Crippen LogP contribution in [-0.2, 0) is 9.59 Å². The molecule has 1 saturated heterocycles. The number of piperazine rings is 1. The summed E-state index contributed by atoms with van der Waals surface area (Å²) in [5.41, 5.74) is 0. The highest BCUT2D eigenvalue weighted by Gasteiger charge is 2.33. The van der Waals surface area contributed by atoms with Crippen molar-refractivity contribution in [2.45, 2.75) is 78.2 Å². The Hall–Kier alpha value is -1.06. The summed E-state index contributed by atoms with van der Waals surface area (Å²) in [4.78, 5) is 25.7. The normalized spacial score (nSPS) is 19.2. The number of carbonyl (C=O) groups excluding carboxylic acids is 2. The molecule has 4 heteroatoms. The minimum Gasteiger partial charge on any atom is -0.343 e. The van der Waals surface area contributed by atoms with Crippen LogP contribution < -0.4 is 5.32 Å². The molecule has 0 saturated carbocycles. The van der Waals surface area contributed by atoms with Crippen LogP contribution in [0.15, 0.2) is 0 Å². The fourth-order valence-electron chi connectivity index (χ4n) is 2.81. The predicted octanol–water partition coefficient (Wildman–Crippen LogP) is 3.11. The first-order valence-corrected chi connectivity index (χ1v) is 8.64. The maximum Gasteiger partial charge on any atom is 0.245 e. The van der Waals surface area contributed by atoms with E-state index in [1.807, 2.05) is 13.8 Å². The fraction of sp³-hybridized carbons (Fsp3) is 0.882. The summed E-state index contributed by atoms with van der Waals surface area (Å²) in [6.45, 7) is 7.14. The Balaban J connectivity index is 2.18. The lowest BCUT2D eigenvalue weighted by Gasteiger charge is -2.34. The Bertz CT molecular complexity index is 329. The first-order chi connectivity index (χ1) is 10.1. The summed E-state index contributed by atoms with van der Waals surface area (Å²) < 4.78 is 0. The molecule has 0 aromatic heterocycles. The van der Waals surface area contributed by atoms with Gasteiger partial charge in [0.2, 0.25) is 11.8 Å². The molecule has 1 rings (SSSR count). The molecule has 1 unspecified atom stereocenters. The predicted molar refractivity (Wildman–Crippen MR) is 86.0 cm³/mol. The topological polar surface area (TPSA) is 49.4 Å². The Morgan fingerprint density at radius 1 is 1.05 bits per heavy atom. The molecule has 1 aliphatic heterocycles. The zero-order valence-electron chi connectivity index (χ0n) is 14.0. The molecule has 0 radical (unpaired) electrons. The molecule has 0 spiro atoms. The molecule has 4 nitrogen and oxygen atoms in total. The summed E-state index contributed by atoms with van der Waals surface area (Å²) in [7, 11) is 0. The SMILES string of the molecule is CCCCCCCCCCN1CC(=O)NC(C(C)C)C1=O. The van der Waals surface area contributed by atoms with Gasteiger partial charge in [-0.25, -0.2) is 0 Å². The molecule has 0 aromatic carbocycles. The van der Waals surface area contributed by atoms with E-state index in [9.17, 15) is 9.59 Å². The van der Waals surface area contributed by atoms with Crippen LogP contribution in [0.2, 0.25) is 0 Å². The van der Waals surface area contributed by atoms with Gasteiger partial charge in [-0.15, -0.1) is 0 Å². The second-order valence-electron chi connectivity index (χ2n) is 6.52. The van der Waals surface area contributed by atoms with Crippen molar-refractivity contribution in [2.24, 2.45) is 5.92 Å². The highest BCUT2D eigenvalue weighted by atomic mass is 16.2. The first-order valence-electron chi connectivity index (χ1n) is 8.64. The van der Waals surface area contributed by atoms with Gasteiger partial charge >= 0.3 is 0 Å². The summed E-state index contributed by atoms with van der Waals surface area (Å²) in [6, 6.07) is -0.333. The van der Waals surface area contributed by atoms with E-state index in [0.717, 1.165) is 19.4 Å². The Morgan fingerprint density at radius 3 is 2.19 bits per heavy atom. The van der Waals surface area contributed by atoms with Crippen molar-refractivity contribution < 1.29 is 9.59 Å². The fourth-order valence-corrected chi connectivity index (χ4v) is 2.81. The Labute approximate surface area is 129 Å². The molecule has 122 valence electrons. The van der Waals surface area contributed by atoms with Gasteiger partial charge in [0, 0.05) is 6.54 Å². The highest BCUT2D eigenvalue weighted by molar-refractivity contribution is 5.94. The van der Waals surface area contributed by atoms with Gasteiger partial charge in [-0.2, -0.15) is 0 Å². The van der Waals surface area contributed by atoms with Crippen LogP contribution >= 0.6 is 0 Å². The van der Waals surface area contributed by atoms with Gasteiger partial charge in [-0.05, 0) is 12.3 Å². The summed E-state index contributed by atoms with van der Waals surface area (Å²) in [5, 5.41) is 2.80. The molecule has 0 bridgehead atoms. The molecule has 1 fully saturated rings. The van der Waals surface area contributed by atoms with Crippen LogP contribution in [0, 0.1) is 5.92 Å². The Kier molecular flexibility index (Phi) is 8.40. The van der Waals surface area contributed by atoms with Crippen molar-refractivity contribution in [3.63, 3.8) is 0 Å². The lowest BCUT2D eigenvalue weighted by Crippen LogP contribution is -2.59. The van der Waals surface area contributed by atoms with Crippen molar-refractivity contribution in [1.29, 1.82) is 0 Å². The lowest BCUT2D eigenvalue weighted by molar-refractivity contribution is -0.145. The maximum atomic E-state index is 12.3. The quantitative estimate of drug-likeness (QED) is 0.630. The number of hydrogen-bond donors (Lipinski definition) is 1. The molecule has 0 aliphatic carbocycles. The number of nitrogens with zero attached hydrogens (tertiary/aromatic N) is 1. The molecule has 21 heavy (non-hydrogen) atoms. The zero-order valence-corrected chi connectivity index (χ0v) is 14.0. The molecular weight excluding hydrogens is 264 g/mol. The van der Waals surface area contributed by atoms with E-state index in [2.05, 4.69) is 12.2 Å². The van der Waals surface area contributed by atoms with Crippen molar-refractivity contribution in [3.05, 3.63) is 0 Å². The molecule has 1 aliphatic rings. The van der Waals surface area contributed by atoms with Gasteiger partial charge in [-0.3, -0.25) is 9.59 Å². The third-order valence-electron chi connectivity index (χ3n) is 4.18. The van der Waals surface area contributed by atoms with Crippen LogP contribution in [0.5, 0.6) is 0 Å². The summed E-state index contributed by atoms with van der Waals surface area (Å²) in [6.07, 6.45) is 10.0. The number of rotatable bonds is 10. The second-order valence-corrected chi connectivity index (χ2v) is 6.52. The van der Waals surface area contributed by atoms with E-state index in [0.29, 0.717) is 0 Å².